The summed E-state index contributed by atoms with van der Waals surface area (Å²) < 4.78 is 0. The Labute approximate surface area is 69.4 Å². The summed E-state index contributed by atoms with van der Waals surface area (Å²) in [5.41, 5.74) is 1.71. The summed E-state index contributed by atoms with van der Waals surface area (Å²) >= 11 is 4.75. The average molecular weight is 159 g/mol. The lowest BCUT2D eigenvalue weighted by atomic mass is 10.2. The minimum absolute atomic E-state index is 1.11. The smallest absolute Gasteiger partial charge is 0.0638 e. The first-order chi connectivity index (χ1) is 4.81. The molecule has 0 aromatic heterocycles. The van der Waals surface area contributed by atoms with E-state index < -0.39 is 0 Å². The van der Waals surface area contributed by atoms with Crippen LogP contribution in [0.25, 0.3) is 0 Å². The van der Waals surface area contributed by atoms with E-state index in [9.17, 15) is 0 Å². The van der Waals surface area contributed by atoms with Gasteiger partial charge in [-0.2, -0.15) is 0 Å². The van der Waals surface area contributed by atoms with E-state index in [-0.39, 0.29) is 0 Å². The van der Waals surface area contributed by atoms with Gasteiger partial charge >= 0.3 is 0 Å². The number of nitrogens with zero attached hydrogens (tertiary/aromatic N) is 1. The third-order valence-electron chi connectivity index (χ3n) is 1.54. The molecule has 0 heterocycles. The van der Waals surface area contributed by atoms with Crippen molar-refractivity contribution in [3.05, 3.63) is 0 Å². The van der Waals surface area contributed by atoms with Crippen LogP contribution in [-0.2, 0) is 0 Å². The third kappa shape index (κ3) is 6.02. The van der Waals surface area contributed by atoms with E-state index in [0.29, 0.717) is 0 Å². The Morgan fingerprint density at radius 3 is 2.50 bits per heavy atom. The highest BCUT2D eigenvalue weighted by Crippen LogP contribution is 1.98. The third-order valence-corrected chi connectivity index (χ3v) is 1.90. The second-order valence-electron chi connectivity index (χ2n) is 2.65. The van der Waals surface area contributed by atoms with Crippen LogP contribution in [0, 0.1) is 0 Å². The Bertz CT molecular complexity index is 83.3. The zero-order valence-corrected chi connectivity index (χ0v) is 7.78. The van der Waals surface area contributed by atoms with E-state index >= 15 is 0 Å². The van der Waals surface area contributed by atoms with Crippen molar-refractivity contribution in [2.75, 3.05) is 13.6 Å². The van der Waals surface area contributed by atoms with Crippen molar-refractivity contribution in [2.45, 2.75) is 32.6 Å². The molecule has 0 bridgehead atoms. The molecular formula is C8H17NS. The fraction of sp³-hybridized carbons (Fsp3) is 0.875. The highest BCUT2D eigenvalue weighted by Gasteiger charge is 1.89. The molecule has 0 spiro atoms. The van der Waals surface area contributed by atoms with Crippen LogP contribution in [0.1, 0.15) is 32.6 Å². The Balaban J connectivity index is 2.95. The largest absolute Gasteiger partial charge is 0.372 e. The van der Waals surface area contributed by atoms with Crippen LogP contribution < -0.4 is 0 Å². The summed E-state index contributed by atoms with van der Waals surface area (Å²) in [5, 5.41) is 0. The first-order valence-corrected chi connectivity index (χ1v) is 4.44. The van der Waals surface area contributed by atoms with Gasteiger partial charge in [0.25, 0.3) is 0 Å². The molecule has 0 radical (unpaired) electrons. The van der Waals surface area contributed by atoms with Crippen LogP contribution in [0.3, 0.4) is 0 Å². The zero-order valence-electron chi connectivity index (χ0n) is 6.97. The van der Waals surface area contributed by atoms with Crippen molar-refractivity contribution in [1.29, 1.82) is 0 Å². The van der Waals surface area contributed by atoms with Gasteiger partial charge in [0.15, 0.2) is 0 Å². The molecule has 0 amide bonds. The molecule has 0 fully saturated rings. The van der Waals surface area contributed by atoms with Crippen molar-refractivity contribution in [3.8, 4) is 0 Å². The molecule has 0 saturated heterocycles. The Kier molecular flexibility index (Phi) is 6.93. The number of unbranched alkanes of at least 4 members (excludes halogenated alkanes) is 3. The molecule has 0 aliphatic heterocycles. The van der Waals surface area contributed by atoms with E-state index in [1.165, 1.54) is 25.7 Å². The van der Waals surface area contributed by atoms with Gasteiger partial charge in [-0.25, -0.2) is 0 Å². The molecule has 0 aliphatic rings. The summed E-state index contributed by atoms with van der Waals surface area (Å²) in [5.74, 6) is 0. The fourth-order valence-electron chi connectivity index (χ4n) is 0.841. The predicted molar refractivity (Wildman–Crippen MR) is 50.4 cm³/mol. The Morgan fingerprint density at radius 1 is 1.30 bits per heavy atom. The van der Waals surface area contributed by atoms with E-state index in [1.807, 2.05) is 7.05 Å². The van der Waals surface area contributed by atoms with E-state index in [0.717, 1.165) is 6.54 Å². The van der Waals surface area contributed by atoms with E-state index in [2.05, 4.69) is 11.8 Å². The first-order valence-electron chi connectivity index (χ1n) is 3.96. The lowest BCUT2D eigenvalue weighted by molar-refractivity contribution is 0.487. The molecule has 1 nitrogen and oxygen atoms in total. The quantitative estimate of drug-likeness (QED) is 0.432. The van der Waals surface area contributed by atoms with Gasteiger partial charge in [0.1, 0.15) is 0 Å². The van der Waals surface area contributed by atoms with Crippen LogP contribution >= 0.6 is 12.2 Å². The van der Waals surface area contributed by atoms with Gasteiger partial charge in [-0.05, 0) is 6.42 Å². The van der Waals surface area contributed by atoms with Crippen LogP contribution in [0.15, 0.2) is 0 Å². The number of hydrogen-bond donors (Lipinski definition) is 0. The van der Waals surface area contributed by atoms with Gasteiger partial charge in [0.05, 0.1) is 5.49 Å². The topological polar surface area (TPSA) is 3.24 Å². The van der Waals surface area contributed by atoms with Gasteiger partial charge in [-0.3, -0.25) is 0 Å². The zero-order chi connectivity index (χ0) is 7.82. The van der Waals surface area contributed by atoms with Crippen LogP contribution in [0.2, 0.25) is 0 Å². The predicted octanol–water partition coefficient (Wildman–Crippen LogP) is 2.46. The molecule has 0 aromatic rings. The highest BCUT2D eigenvalue weighted by atomic mass is 32.1. The van der Waals surface area contributed by atoms with Crippen molar-refractivity contribution in [2.24, 2.45) is 0 Å². The van der Waals surface area contributed by atoms with Crippen molar-refractivity contribution >= 4 is 17.7 Å². The molecule has 0 unspecified atom stereocenters. The number of rotatable bonds is 6. The van der Waals surface area contributed by atoms with Crippen molar-refractivity contribution in [3.63, 3.8) is 0 Å². The maximum Gasteiger partial charge on any atom is 0.0638 e. The number of thiocarbonyl (C=S) groups is 1. The molecule has 2 heteroatoms. The van der Waals surface area contributed by atoms with E-state index in [4.69, 9.17) is 12.2 Å². The highest BCUT2D eigenvalue weighted by molar-refractivity contribution is 7.78. The molecule has 0 atom stereocenters. The molecule has 0 aliphatic carbocycles. The van der Waals surface area contributed by atoms with Gasteiger partial charge in [-0.1, -0.05) is 38.4 Å². The van der Waals surface area contributed by atoms with Gasteiger partial charge in [-0.15, -0.1) is 0 Å². The Hall–Kier alpha value is -0.110. The molecule has 0 saturated carbocycles. The molecule has 0 N–H and O–H groups in total. The van der Waals surface area contributed by atoms with Gasteiger partial charge < -0.3 is 4.90 Å². The SMILES string of the molecule is CCCCCCN(C)C=S. The average Bonchev–Trinajstić information content (AvgIpc) is 1.98. The normalized spacial score (nSPS) is 9.40. The van der Waals surface area contributed by atoms with Gasteiger partial charge in [0.2, 0.25) is 0 Å². The second kappa shape index (κ2) is 7.00. The molecule has 0 rings (SSSR count). The van der Waals surface area contributed by atoms with Gasteiger partial charge in [0, 0.05) is 13.6 Å². The van der Waals surface area contributed by atoms with Crippen LogP contribution in [-0.4, -0.2) is 24.0 Å². The van der Waals surface area contributed by atoms with E-state index in [1.54, 1.807) is 5.49 Å². The number of hydrogen-bond acceptors (Lipinski definition) is 1. The maximum absolute atomic E-state index is 4.75. The molecular weight excluding hydrogens is 142 g/mol. The lowest BCUT2D eigenvalue weighted by Gasteiger charge is -2.10. The molecule has 60 valence electrons. The van der Waals surface area contributed by atoms with Crippen LogP contribution in [0.4, 0.5) is 0 Å². The summed E-state index contributed by atoms with van der Waals surface area (Å²) in [6.45, 7) is 3.34. The second-order valence-corrected chi connectivity index (χ2v) is 2.86. The summed E-state index contributed by atoms with van der Waals surface area (Å²) in [6, 6.07) is 0. The molecule has 10 heavy (non-hydrogen) atoms. The Morgan fingerprint density at radius 2 is 2.00 bits per heavy atom. The maximum atomic E-state index is 4.75. The first kappa shape index (κ1) is 9.89. The standard InChI is InChI=1S/C8H17NS/c1-3-4-5-6-7-9(2)8-10/h8H,3-7H2,1-2H3. The van der Waals surface area contributed by atoms with Crippen molar-refractivity contribution in [1.82, 2.24) is 4.90 Å². The van der Waals surface area contributed by atoms with Crippen molar-refractivity contribution < 1.29 is 0 Å². The summed E-state index contributed by atoms with van der Waals surface area (Å²) in [7, 11) is 2.03. The monoisotopic (exact) mass is 159 g/mol. The minimum atomic E-state index is 1.11. The lowest BCUT2D eigenvalue weighted by Crippen LogP contribution is -2.15. The summed E-state index contributed by atoms with van der Waals surface area (Å²) in [6.07, 6.45) is 5.27. The minimum Gasteiger partial charge on any atom is -0.372 e. The fourth-order valence-corrected chi connectivity index (χ4v) is 0.946. The van der Waals surface area contributed by atoms with Crippen LogP contribution in [0.5, 0.6) is 0 Å². The summed E-state index contributed by atoms with van der Waals surface area (Å²) in [4.78, 5) is 2.06. The molecule has 0 aromatic carbocycles.